The molecule has 0 aliphatic rings. The number of rotatable bonds is 1. The van der Waals surface area contributed by atoms with Crippen LogP contribution in [-0.4, -0.2) is 17.5 Å². The lowest BCUT2D eigenvalue weighted by Crippen LogP contribution is -1.69. The molecule has 0 radical (unpaired) electrons. The van der Waals surface area contributed by atoms with Gasteiger partial charge in [0.15, 0.2) is 0 Å². The number of carbonyl (C=O) groups is 1. The van der Waals surface area contributed by atoms with Crippen molar-refractivity contribution in [2.45, 2.75) is 47.5 Å². The van der Waals surface area contributed by atoms with Crippen molar-refractivity contribution >= 4 is 5.78 Å². The molecule has 0 aliphatic heterocycles. The molecule has 0 fully saturated rings. The summed E-state index contributed by atoms with van der Waals surface area (Å²) in [5.41, 5.74) is 0. The Labute approximate surface area is 70.6 Å². The van der Waals surface area contributed by atoms with Crippen molar-refractivity contribution in [1.29, 1.82) is 0 Å². The van der Waals surface area contributed by atoms with Gasteiger partial charge in [0, 0.05) is 6.61 Å². The molecule has 0 heterocycles. The summed E-state index contributed by atoms with van der Waals surface area (Å²) in [6, 6.07) is 0. The highest BCUT2D eigenvalue weighted by atomic mass is 16.2. The van der Waals surface area contributed by atoms with Crippen LogP contribution in [0, 0.1) is 0 Å². The molecule has 0 rings (SSSR count). The molecule has 11 heavy (non-hydrogen) atoms. The normalized spacial score (nSPS) is 6.73. The highest BCUT2D eigenvalue weighted by Gasteiger charge is 1.62. The number of hydrogen-bond donors (Lipinski definition) is 1. The number of carbonyl (C=O) groups excluding carboxylic acids is 1. The van der Waals surface area contributed by atoms with Crippen molar-refractivity contribution in [3.8, 4) is 0 Å². The molecule has 2 nitrogen and oxygen atoms in total. The third-order valence-electron chi connectivity index (χ3n) is 0.500. The average Bonchev–Trinajstić information content (AvgIpc) is 1.88. The first-order chi connectivity index (χ1) is 5.06. The molecule has 0 aliphatic carbocycles. The molecule has 0 atom stereocenters. The summed E-state index contributed by atoms with van der Waals surface area (Å²) in [5, 5.41) is 7.57. The minimum atomic E-state index is 0.167. The number of hydrogen-bond acceptors (Lipinski definition) is 2. The topological polar surface area (TPSA) is 37.3 Å². The van der Waals surface area contributed by atoms with Gasteiger partial charge in [-0.3, -0.25) is 0 Å². The van der Waals surface area contributed by atoms with Crippen LogP contribution in [0.2, 0.25) is 0 Å². The summed E-state index contributed by atoms with van der Waals surface area (Å²) in [6.45, 7) is 9.35. The maximum absolute atomic E-state index is 9.44. The zero-order valence-electron chi connectivity index (χ0n) is 8.48. The maximum Gasteiger partial charge on any atom is 0.126 e. The highest BCUT2D eigenvalue weighted by Crippen LogP contribution is 1.76. The van der Waals surface area contributed by atoms with Crippen molar-refractivity contribution < 1.29 is 9.90 Å². The second-order valence-corrected chi connectivity index (χ2v) is 2.22. The van der Waals surface area contributed by atoms with E-state index in [2.05, 4.69) is 13.8 Å². The molecule has 70 valence electrons. The molecule has 0 saturated carbocycles. The summed E-state index contributed by atoms with van der Waals surface area (Å²) in [7, 11) is 0. The molecule has 0 aromatic rings. The van der Waals surface area contributed by atoms with Crippen molar-refractivity contribution in [1.82, 2.24) is 0 Å². The number of unbranched alkanes of at least 4 members (excludes halogenated alkanes) is 1. The Kier molecular flexibility index (Phi) is 34.8. The number of ketones is 1. The molecule has 0 aromatic heterocycles. The van der Waals surface area contributed by atoms with Crippen LogP contribution < -0.4 is 0 Å². The summed E-state index contributed by atoms with van der Waals surface area (Å²) in [5.74, 6) is 0.167. The van der Waals surface area contributed by atoms with E-state index < -0.39 is 0 Å². The van der Waals surface area contributed by atoms with E-state index >= 15 is 0 Å². The Balaban J connectivity index is -0.0000000886. The zero-order valence-corrected chi connectivity index (χ0v) is 8.48. The van der Waals surface area contributed by atoms with E-state index in [0.29, 0.717) is 0 Å². The standard InChI is InChI=1S/C4H10.C3H6O.C2H6O/c1-3-4-2;1-3(2)4;1-2-3/h3-4H2,1-2H3;1-2H3;3H,2H2,1H3. The molecule has 0 amide bonds. The van der Waals surface area contributed by atoms with Gasteiger partial charge in [-0.1, -0.05) is 26.7 Å². The van der Waals surface area contributed by atoms with Crippen LogP contribution in [0.15, 0.2) is 0 Å². The first-order valence-corrected chi connectivity index (χ1v) is 4.14. The first-order valence-electron chi connectivity index (χ1n) is 4.14. The maximum atomic E-state index is 9.44. The highest BCUT2D eigenvalue weighted by molar-refractivity contribution is 5.72. The summed E-state index contributed by atoms with van der Waals surface area (Å²) >= 11 is 0. The van der Waals surface area contributed by atoms with Crippen LogP contribution in [0.5, 0.6) is 0 Å². The first kappa shape index (κ1) is 16.9. The third-order valence-corrected chi connectivity index (χ3v) is 0.500. The smallest absolute Gasteiger partial charge is 0.126 e. The van der Waals surface area contributed by atoms with Gasteiger partial charge >= 0.3 is 0 Å². The van der Waals surface area contributed by atoms with Gasteiger partial charge in [-0.15, -0.1) is 0 Å². The van der Waals surface area contributed by atoms with Gasteiger partial charge < -0.3 is 9.90 Å². The SMILES string of the molecule is CC(C)=O.CCCC.CCO. The van der Waals surface area contributed by atoms with Gasteiger partial charge in [0.1, 0.15) is 5.78 Å². The second kappa shape index (κ2) is 22.6. The van der Waals surface area contributed by atoms with Crippen molar-refractivity contribution in [2.24, 2.45) is 0 Å². The lowest BCUT2D eigenvalue weighted by atomic mass is 10.4. The predicted molar refractivity (Wildman–Crippen MR) is 49.7 cm³/mol. The fourth-order valence-corrected chi connectivity index (χ4v) is 0. The molecule has 1 N–H and O–H groups in total. The Morgan fingerprint density at radius 1 is 1.09 bits per heavy atom. The minimum absolute atomic E-state index is 0.167. The molecule has 0 spiro atoms. The Bertz CT molecular complexity index is 54.6. The van der Waals surface area contributed by atoms with E-state index in [-0.39, 0.29) is 12.4 Å². The Hall–Kier alpha value is -0.370. The molecular formula is C9H22O2. The molecule has 0 unspecified atom stereocenters. The van der Waals surface area contributed by atoms with Gasteiger partial charge in [0.25, 0.3) is 0 Å². The van der Waals surface area contributed by atoms with Crippen LogP contribution in [0.25, 0.3) is 0 Å². The van der Waals surface area contributed by atoms with Crippen molar-refractivity contribution in [3.05, 3.63) is 0 Å². The van der Waals surface area contributed by atoms with E-state index in [1.807, 2.05) is 0 Å². The van der Waals surface area contributed by atoms with E-state index in [0.717, 1.165) is 0 Å². The fraction of sp³-hybridized carbons (Fsp3) is 0.889. The quantitative estimate of drug-likeness (QED) is 0.643. The van der Waals surface area contributed by atoms with E-state index in [4.69, 9.17) is 5.11 Å². The second-order valence-electron chi connectivity index (χ2n) is 2.22. The predicted octanol–water partition coefficient (Wildman–Crippen LogP) is 2.40. The minimum Gasteiger partial charge on any atom is -0.397 e. The zero-order chi connectivity index (χ0) is 9.70. The largest absolute Gasteiger partial charge is 0.397 e. The van der Waals surface area contributed by atoms with Crippen LogP contribution in [0.3, 0.4) is 0 Å². The van der Waals surface area contributed by atoms with Gasteiger partial charge in [-0.05, 0) is 20.8 Å². The number of aliphatic hydroxyl groups is 1. The lowest BCUT2D eigenvalue weighted by Gasteiger charge is -1.68. The van der Waals surface area contributed by atoms with Gasteiger partial charge in [-0.2, -0.15) is 0 Å². The Morgan fingerprint density at radius 3 is 1.18 bits per heavy atom. The lowest BCUT2D eigenvalue weighted by molar-refractivity contribution is -0.114. The number of aliphatic hydroxyl groups excluding tert-OH is 1. The molecule has 0 aromatic carbocycles. The summed E-state index contributed by atoms with van der Waals surface area (Å²) in [6.07, 6.45) is 2.64. The molecule has 0 saturated heterocycles. The fourth-order valence-electron chi connectivity index (χ4n) is 0. The third kappa shape index (κ3) is 1410. The van der Waals surface area contributed by atoms with E-state index in [1.165, 1.54) is 26.7 Å². The van der Waals surface area contributed by atoms with Crippen LogP contribution in [0.1, 0.15) is 47.5 Å². The molecule has 0 bridgehead atoms. The molecular weight excluding hydrogens is 140 g/mol. The van der Waals surface area contributed by atoms with Gasteiger partial charge in [-0.25, -0.2) is 0 Å². The van der Waals surface area contributed by atoms with Crippen molar-refractivity contribution in [3.63, 3.8) is 0 Å². The summed E-state index contributed by atoms with van der Waals surface area (Å²) in [4.78, 5) is 9.44. The number of Topliss-reactive ketones (excluding diaryl/α,β-unsaturated/α-hetero) is 1. The van der Waals surface area contributed by atoms with E-state index in [9.17, 15) is 4.79 Å². The monoisotopic (exact) mass is 162 g/mol. The summed E-state index contributed by atoms with van der Waals surface area (Å²) < 4.78 is 0. The van der Waals surface area contributed by atoms with Crippen LogP contribution in [-0.2, 0) is 4.79 Å². The van der Waals surface area contributed by atoms with Gasteiger partial charge in [0.05, 0.1) is 0 Å². The van der Waals surface area contributed by atoms with Crippen molar-refractivity contribution in [2.75, 3.05) is 6.61 Å². The van der Waals surface area contributed by atoms with Crippen LogP contribution >= 0.6 is 0 Å². The van der Waals surface area contributed by atoms with Gasteiger partial charge in [0.2, 0.25) is 0 Å². The van der Waals surface area contributed by atoms with Crippen LogP contribution in [0.4, 0.5) is 0 Å². The average molecular weight is 162 g/mol. The Morgan fingerprint density at radius 2 is 1.18 bits per heavy atom. The molecule has 2 heteroatoms. The van der Waals surface area contributed by atoms with E-state index in [1.54, 1.807) is 6.92 Å².